The number of rotatable bonds is 0. The lowest BCUT2D eigenvalue weighted by atomic mass is 10.1. The van der Waals surface area contributed by atoms with Gasteiger partial charge in [-0.2, -0.15) is 0 Å². The summed E-state index contributed by atoms with van der Waals surface area (Å²) in [5.74, 6) is 0.784. The first-order chi connectivity index (χ1) is 5.27. The van der Waals surface area contributed by atoms with Crippen molar-refractivity contribution in [1.29, 1.82) is 0 Å². The third-order valence-corrected chi connectivity index (χ3v) is 2.60. The van der Waals surface area contributed by atoms with Crippen molar-refractivity contribution in [3.8, 4) is 0 Å². The summed E-state index contributed by atoms with van der Waals surface area (Å²) in [6.07, 6.45) is 6.99. The Kier molecular flexibility index (Phi) is 1.45. The molecule has 0 N–H and O–H groups in total. The van der Waals surface area contributed by atoms with Crippen molar-refractivity contribution >= 4 is 0 Å². The van der Waals surface area contributed by atoms with Crippen LogP contribution in [-0.4, -0.2) is 0 Å². The van der Waals surface area contributed by atoms with E-state index in [1.165, 1.54) is 12.8 Å². The molecule has 0 radical (unpaired) electrons. The quantitative estimate of drug-likeness (QED) is 0.492. The number of hydrogen-bond donors (Lipinski definition) is 0. The van der Waals surface area contributed by atoms with Crippen molar-refractivity contribution in [2.75, 3.05) is 0 Å². The molecule has 0 fully saturated rings. The number of aromatic nitrogens is 1. The molecule has 1 unspecified atom stereocenters. The van der Waals surface area contributed by atoms with Gasteiger partial charge in [0.05, 0.1) is 0 Å². The molecule has 1 nitrogen and oxygen atoms in total. The first kappa shape index (κ1) is 6.84. The van der Waals surface area contributed by atoms with Crippen LogP contribution in [0.4, 0.5) is 0 Å². The minimum absolute atomic E-state index is 0.784. The van der Waals surface area contributed by atoms with Crippen LogP contribution >= 0.6 is 0 Å². The van der Waals surface area contributed by atoms with Gasteiger partial charge in [-0.15, -0.1) is 0 Å². The van der Waals surface area contributed by atoms with E-state index < -0.39 is 0 Å². The maximum absolute atomic E-state index is 2.31. The van der Waals surface area contributed by atoms with Crippen LogP contribution in [-0.2, 0) is 13.5 Å². The van der Waals surface area contributed by atoms with Gasteiger partial charge in [0.1, 0.15) is 7.05 Å². The van der Waals surface area contributed by atoms with Crippen LogP contribution in [0.1, 0.15) is 30.4 Å². The van der Waals surface area contributed by atoms with E-state index in [1.54, 1.807) is 11.1 Å². The number of fused-ring (bicyclic) bond motifs is 1. The highest BCUT2D eigenvalue weighted by molar-refractivity contribution is 5.29. The lowest BCUT2D eigenvalue weighted by Crippen LogP contribution is -2.27. The first-order valence-corrected chi connectivity index (χ1v) is 4.25. The van der Waals surface area contributed by atoms with Crippen molar-refractivity contribution < 1.29 is 4.57 Å². The van der Waals surface area contributed by atoms with E-state index in [0.717, 1.165) is 5.92 Å². The van der Waals surface area contributed by atoms with Gasteiger partial charge in [-0.05, 0) is 24.3 Å². The van der Waals surface area contributed by atoms with Crippen LogP contribution in [0.15, 0.2) is 18.5 Å². The highest BCUT2D eigenvalue weighted by Gasteiger charge is 2.20. The van der Waals surface area contributed by atoms with Crippen LogP contribution in [0, 0.1) is 0 Å². The SMILES string of the molecule is CC1CCc2c[n+](C)ccc21. The zero-order valence-corrected chi connectivity index (χ0v) is 7.17. The Bertz CT molecular complexity index is 278. The monoisotopic (exact) mass is 148 g/mol. The van der Waals surface area contributed by atoms with Crippen LogP contribution in [0.5, 0.6) is 0 Å². The number of aryl methyl sites for hydroxylation is 2. The van der Waals surface area contributed by atoms with E-state index >= 15 is 0 Å². The highest BCUT2D eigenvalue weighted by Crippen LogP contribution is 2.30. The van der Waals surface area contributed by atoms with Gasteiger partial charge in [-0.1, -0.05) is 6.92 Å². The standard InChI is InChI=1S/C10H14N/c1-8-3-4-9-7-11(2)6-5-10(8)9/h5-8H,3-4H2,1-2H3/q+1. The highest BCUT2D eigenvalue weighted by atomic mass is 14.9. The van der Waals surface area contributed by atoms with Crippen LogP contribution in [0.25, 0.3) is 0 Å². The van der Waals surface area contributed by atoms with Gasteiger partial charge in [0.2, 0.25) is 0 Å². The summed E-state index contributed by atoms with van der Waals surface area (Å²) in [7, 11) is 2.09. The molecule has 58 valence electrons. The fraction of sp³-hybridized carbons (Fsp3) is 0.500. The third-order valence-electron chi connectivity index (χ3n) is 2.60. The fourth-order valence-corrected chi connectivity index (χ4v) is 1.89. The van der Waals surface area contributed by atoms with Crippen LogP contribution in [0.3, 0.4) is 0 Å². The van der Waals surface area contributed by atoms with Gasteiger partial charge < -0.3 is 0 Å². The second-order valence-electron chi connectivity index (χ2n) is 3.53. The molecule has 0 spiro atoms. The molecular weight excluding hydrogens is 134 g/mol. The molecule has 1 atom stereocenters. The largest absolute Gasteiger partial charge is 0.208 e. The summed E-state index contributed by atoms with van der Waals surface area (Å²) >= 11 is 0. The van der Waals surface area contributed by atoms with Gasteiger partial charge in [0.25, 0.3) is 0 Å². The lowest BCUT2D eigenvalue weighted by molar-refractivity contribution is -0.671. The molecule has 0 amide bonds. The van der Waals surface area contributed by atoms with Crippen LogP contribution in [0.2, 0.25) is 0 Å². The molecular formula is C10H14N+. The van der Waals surface area contributed by atoms with E-state index in [9.17, 15) is 0 Å². The third kappa shape index (κ3) is 1.05. The molecule has 0 bridgehead atoms. The smallest absolute Gasteiger partial charge is 0.171 e. The molecule has 1 aromatic heterocycles. The van der Waals surface area contributed by atoms with E-state index in [0.29, 0.717) is 0 Å². The van der Waals surface area contributed by atoms with Crippen molar-refractivity contribution in [3.05, 3.63) is 29.6 Å². The van der Waals surface area contributed by atoms with Crippen molar-refractivity contribution in [1.82, 2.24) is 0 Å². The molecule has 1 heteroatoms. The maximum atomic E-state index is 2.31. The van der Waals surface area contributed by atoms with E-state index in [-0.39, 0.29) is 0 Å². The van der Waals surface area contributed by atoms with E-state index in [1.807, 2.05) is 0 Å². The average molecular weight is 148 g/mol. The molecule has 0 saturated carbocycles. The van der Waals surface area contributed by atoms with Crippen molar-refractivity contribution in [3.63, 3.8) is 0 Å². The molecule has 0 aromatic carbocycles. The van der Waals surface area contributed by atoms with Gasteiger partial charge in [-0.3, -0.25) is 0 Å². The number of nitrogens with zero attached hydrogens (tertiary/aromatic N) is 1. The average Bonchev–Trinajstić information content (AvgIpc) is 2.32. The summed E-state index contributed by atoms with van der Waals surface area (Å²) < 4.78 is 2.14. The van der Waals surface area contributed by atoms with Gasteiger partial charge >= 0.3 is 0 Å². The molecule has 1 aliphatic rings. The van der Waals surface area contributed by atoms with Gasteiger partial charge in [-0.25, -0.2) is 4.57 Å². The summed E-state index contributed by atoms with van der Waals surface area (Å²) in [6.45, 7) is 2.31. The fourth-order valence-electron chi connectivity index (χ4n) is 1.89. The molecule has 0 saturated heterocycles. The van der Waals surface area contributed by atoms with Crippen molar-refractivity contribution in [2.24, 2.45) is 7.05 Å². The predicted octanol–water partition coefficient (Wildman–Crippen LogP) is 1.56. The number of hydrogen-bond acceptors (Lipinski definition) is 0. The normalized spacial score (nSPS) is 21.8. The minimum Gasteiger partial charge on any atom is -0.208 e. The van der Waals surface area contributed by atoms with Crippen molar-refractivity contribution in [2.45, 2.75) is 25.7 Å². The number of pyridine rings is 1. The molecule has 1 heterocycles. The van der Waals surface area contributed by atoms with Gasteiger partial charge in [0.15, 0.2) is 12.4 Å². The zero-order chi connectivity index (χ0) is 7.84. The van der Waals surface area contributed by atoms with Crippen LogP contribution < -0.4 is 4.57 Å². The maximum Gasteiger partial charge on any atom is 0.171 e. The van der Waals surface area contributed by atoms with Gasteiger partial charge in [0, 0.05) is 11.6 Å². The second-order valence-corrected chi connectivity index (χ2v) is 3.53. The summed E-state index contributed by atoms with van der Waals surface area (Å²) in [5.41, 5.74) is 3.10. The molecule has 0 aliphatic heterocycles. The second kappa shape index (κ2) is 2.33. The zero-order valence-electron chi connectivity index (χ0n) is 7.17. The minimum atomic E-state index is 0.784. The molecule has 1 aliphatic carbocycles. The Morgan fingerprint density at radius 2 is 2.36 bits per heavy atom. The predicted molar refractivity (Wildman–Crippen MR) is 44.4 cm³/mol. The Labute approximate surface area is 67.7 Å². The Balaban J connectivity index is 2.50. The van der Waals surface area contributed by atoms with E-state index in [2.05, 4.69) is 37.0 Å². The lowest BCUT2D eigenvalue weighted by Gasteiger charge is -2.00. The molecule has 1 aromatic rings. The summed E-state index contributed by atoms with van der Waals surface area (Å²) in [6, 6.07) is 2.26. The summed E-state index contributed by atoms with van der Waals surface area (Å²) in [4.78, 5) is 0. The Morgan fingerprint density at radius 1 is 1.55 bits per heavy atom. The molecule has 2 rings (SSSR count). The first-order valence-electron chi connectivity index (χ1n) is 4.25. The Morgan fingerprint density at radius 3 is 3.18 bits per heavy atom. The van der Waals surface area contributed by atoms with E-state index in [4.69, 9.17) is 0 Å². The summed E-state index contributed by atoms with van der Waals surface area (Å²) in [5, 5.41) is 0. The Hall–Kier alpha value is -0.850. The molecule has 11 heavy (non-hydrogen) atoms. The topological polar surface area (TPSA) is 3.88 Å².